The molecule has 1 aliphatic rings. The predicted octanol–water partition coefficient (Wildman–Crippen LogP) is 4.68. The van der Waals surface area contributed by atoms with Crippen LogP contribution in [0.4, 0.5) is 11.4 Å². The van der Waals surface area contributed by atoms with Gasteiger partial charge in [0, 0.05) is 0 Å². The molecule has 0 aromatic heterocycles. The molecule has 6 heteroatoms. The Morgan fingerprint density at radius 2 is 1.17 bits per heavy atom. The summed E-state index contributed by atoms with van der Waals surface area (Å²) in [4.78, 5) is 0. The molecule has 0 bridgehead atoms. The Kier molecular flexibility index (Phi) is 4.65. The molecule has 24 heavy (non-hydrogen) atoms. The summed E-state index contributed by atoms with van der Waals surface area (Å²) in [7, 11) is 1.66. The molecule has 2 aromatic carbocycles. The number of nitrogens with zero attached hydrogens (tertiary/aromatic N) is 3. The molecule has 0 aliphatic carbocycles. The fourth-order valence-corrected chi connectivity index (χ4v) is 30.7. The summed E-state index contributed by atoms with van der Waals surface area (Å²) in [6.45, 7) is 15.0. The second-order valence-corrected chi connectivity index (χ2v) is 29.7. The Balaban J connectivity index is 2.42. The van der Waals surface area contributed by atoms with E-state index in [1.165, 1.54) is 22.1 Å². The number of hydrogen-bond donors (Lipinski definition) is 0. The molecule has 1 heterocycles. The second kappa shape index (κ2) is 6.08. The van der Waals surface area contributed by atoms with Gasteiger partial charge in [0.2, 0.25) is 0 Å². The Bertz CT molecular complexity index is 708. The van der Waals surface area contributed by atoms with Crippen molar-refractivity contribution >= 4 is 61.2 Å². The van der Waals surface area contributed by atoms with Crippen LogP contribution in [0, 0.1) is 0 Å². The standard InChI is InChI=1S/C16H24N2Si2.C2H6N.Bi/c1-19(2,3)17-14-11-7-9-13-10-8-12-15(16(13)14)18-20(4,5)6;1-3-2;/h7-12H,1-6H3;1-2H3;/q-2;-1;+3. The van der Waals surface area contributed by atoms with Gasteiger partial charge in [0.05, 0.1) is 0 Å². The van der Waals surface area contributed by atoms with E-state index in [1.807, 2.05) is 0 Å². The Hall–Kier alpha value is -0.423. The van der Waals surface area contributed by atoms with Crippen LogP contribution in [-0.4, -0.2) is 56.0 Å². The summed E-state index contributed by atoms with van der Waals surface area (Å²) in [6, 6.07) is 13.8. The zero-order valence-corrected chi connectivity index (χ0v) is 21.7. The molecule has 3 rings (SSSR count). The van der Waals surface area contributed by atoms with Crippen LogP contribution in [0.2, 0.25) is 39.3 Å². The summed E-state index contributed by atoms with van der Waals surface area (Å²) >= 11 is -2.28. The van der Waals surface area contributed by atoms with Crippen LogP contribution >= 0.6 is 0 Å². The average Bonchev–Trinajstić information content (AvgIpc) is 2.44. The molecule has 0 radical (unpaired) electrons. The maximum absolute atomic E-state index is 2.94. The first-order valence-corrected chi connectivity index (χ1v) is 20.2. The third-order valence-electron chi connectivity index (χ3n) is 4.30. The molecule has 0 saturated heterocycles. The van der Waals surface area contributed by atoms with Crippen LogP contribution in [0.15, 0.2) is 36.4 Å². The Labute approximate surface area is 158 Å². The van der Waals surface area contributed by atoms with Crippen LogP contribution in [0.25, 0.3) is 10.8 Å². The van der Waals surface area contributed by atoms with Crippen LogP contribution in [0.5, 0.6) is 0 Å². The monoisotopic (exact) mass is 553 g/mol. The van der Waals surface area contributed by atoms with Crippen molar-refractivity contribution in [2.75, 3.05) is 19.1 Å². The molecule has 3 nitrogen and oxygen atoms in total. The quantitative estimate of drug-likeness (QED) is 0.512. The van der Waals surface area contributed by atoms with Crippen molar-refractivity contribution in [2.45, 2.75) is 39.3 Å². The van der Waals surface area contributed by atoms with E-state index < -0.39 is 39.1 Å². The molecule has 0 spiro atoms. The number of rotatable bonds is 3. The molecular formula is C18H30BiN3Si2. The van der Waals surface area contributed by atoms with Crippen LogP contribution in [0.3, 0.4) is 0 Å². The van der Waals surface area contributed by atoms with Crippen LogP contribution < -0.4 is 5.02 Å². The molecule has 0 saturated carbocycles. The van der Waals surface area contributed by atoms with E-state index in [-0.39, 0.29) is 0 Å². The van der Waals surface area contributed by atoms with Crippen molar-refractivity contribution in [3.05, 3.63) is 36.4 Å². The topological polar surface area (TPSA) is 9.72 Å². The molecule has 2 aromatic rings. The minimum atomic E-state index is -2.28. The van der Waals surface area contributed by atoms with Crippen molar-refractivity contribution in [3.63, 3.8) is 0 Å². The zero-order valence-electron chi connectivity index (χ0n) is 16.3. The molecule has 1 aliphatic heterocycles. The third kappa shape index (κ3) is 2.96. The second-order valence-electron chi connectivity index (χ2n) is 8.73. The van der Waals surface area contributed by atoms with Crippen molar-refractivity contribution in [1.29, 1.82) is 0 Å². The van der Waals surface area contributed by atoms with Gasteiger partial charge in [-0.25, -0.2) is 0 Å². The van der Waals surface area contributed by atoms with Gasteiger partial charge in [0.1, 0.15) is 0 Å². The molecular weight excluding hydrogens is 523 g/mol. The van der Waals surface area contributed by atoms with Crippen molar-refractivity contribution < 1.29 is 0 Å². The summed E-state index contributed by atoms with van der Waals surface area (Å²) in [6.07, 6.45) is 0. The molecule has 0 atom stereocenters. The van der Waals surface area contributed by atoms with E-state index >= 15 is 0 Å². The van der Waals surface area contributed by atoms with Crippen LogP contribution in [0.1, 0.15) is 0 Å². The molecule has 0 N–H and O–H groups in total. The van der Waals surface area contributed by atoms with Crippen molar-refractivity contribution in [3.8, 4) is 0 Å². The fraction of sp³-hybridized carbons (Fsp3) is 0.444. The minimum absolute atomic E-state index is 1.39. The normalized spacial score (nSPS) is 16.4. The van der Waals surface area contributed by atoms with E-state index in [4.69, 9.17) is 0 Å². The first-order valence-electron chi connectivity index (χ1n) is 8.63. The van der Waals surface area contributed by atoms with Gasteiger partial charge in [-0.1, -0.05) is 0 Å². The molecule has 0 amide bonds. The SMILES string of the molecule is C[N](C)[Bi]1[N]([Si](C)(C)C)c2cccc3cccc(c23)[N]1[Si](C)(C)C. The van der Waals surface area contributed by atoms with Gasteiger partial charge in [-0.05, 0) is 0 Å². The molecule has 130 valence electrons. The zero-order chi connectivity index (χ0) is 17.9. The summed E-state index contributed by atoms with van der Waals surface area (Å²) in [5.41, 5.74) is 3.01. The first-order chi connectivity index (χ1) is 11.0. The fourth-order valence-electron chi connectivity index (χ4n) is 3.55. The average molecular weight is 554 g/mol. The predicted molar refractivity (Wildman–Crippen MR) is 115 cm³/mol. The van der Waals surface area contributed by atoms with Gasteiger partial charge >= 0.3 is 159 Å². The maximum atomic E-state index is 2.94. The van der Waals surface area contributed by atoms with Gasteiger partial charge in [0.25, 0.3) is 0 Å². The first kappa shape index (κ1) is 18.4. The van der Waals surface area contributed by atoms with Gasteiger partial charge in [-0.2, -0.15) is 0 Å². The Morgan fingerprint density at radius 3 is 1.50 bits per heavy atom. The third-order valence-corrected chi connectivity index (χ3v) is 31.7. The van der Waals surface area contributed by atoms with E-state index in [2.05, 4.69) is 97.6 Å². The molecule has 0 unspecified atom stereocenters. The Morgan fingerprint density at radius 1 is 0.750 bits per heavy atom. The number of anilines is 2. The molecule has 0 fully saturated rings. The number of benzene rings is 2. The van der Waals surface area contributed by atoms with Crippen molar-refractivity contribution in [2.24, 2.45) is 0 Å². The van der Waals surface area contributed by atoms with Gasteiger partial charge in [-0.3, -0.25) is 0 Å². The van der Waals surface area contributed by atoms with E-state index in [9.17, 15) is 0 Å². The van der Waals surface area contributed by atoms with E-state index in [1.54, 1.807) is 0 Å². The summed E-state index contributed by atoms with van der Waals surface area (Å²) < 4.78 is 8.48. The van der Waals surface area contributed by atoms with Gasteiger partial charge in [0.15, 0.2) is 0 Å². The van der Waals surface area contributed by atoms with E-state index in [0.29, 0.717) is 0 Å². The van der Waals surface area contributed by atoms with Crippen molar-refractivity contribution in [1.82, 2.24) is 2.84 Å². The van der Waals surface area contributed by atoms with E-state index in [0.717, 1.165) is 0 Å². The van der Waals surface area contributed by atoms with Crippen LogP contribution in [-0.2, 0) is 0 Å². The van der Waals surface area contributed by atoms with Gasteiger partial charge in [-0.15, -0.1) is 0 Å². The summed E-state index contributed by atoms with van der Waals surface area (Å²) in [5.74, 6) is 0. The van der Waals surface area contributed by atoms with Gasteiger partial charge < -0.3 is 0 Å². The summed E-state index contributed by atoms with van der Waals surface area (Å²) in [5, 5.41) is 2.87. The number of hydrogen-bond acceptors (Lipinski definition) is 3.